The number of rotatable bonds is 4. The molecule has 0 radical (unpaired) electrons. The van der Waals surface area contributed by atoms with E-state index >= 15 is 0 Å². The van der Waals surface area contributed by atoms with Gasteiger partial charge in [0.2, 0.25) is 0 Å². The first-order valence-corrected chi connectivity index (χ1v) is 5.16. The second-order valence-electron chi connectivity index (χ2n) is 3.81. The van der Waals surface area contributed by atoms with Gasteiger partial charge in [0.25, 0.3) is 0 Å². The molecule has 1 atom stereocenters. The minimum Gasteiger partial charge on any atom is -0.324 e. The third kappa shape index (κ3) is 3.46. The van der Waals surface area contributed by atoms with Crippen LogP contribution in [0.25, 0.3) is 6.08 Å². The summed E-state index contributed by atoms with van der Waals surface area (Å²) in [5, 5.41) is 3.12. The van der Waals surface area contributed by atoms with E-state index in [9.17, 15) is 0 Å². The monoisotopic (exact) mass is 205 g/mol. The molecule has 1 unspecified atom stereocenters. The van der Waals surface area contributed by atoms with Crippen molar-refractivity contribution in [3.63, 3.8) is 0 Å². The number of likely N-dealkylation sites (N-methyl/N-ethyl adjacent to an activating group) is 1. The van der Waals surface area contributed by atoms with Crippen molar-refractivity contribution < 1.29 is 0 Å². The maximum absolute atomic E-state index is 5.89. The average molecular weight is 205 g/mol. The molecule has 0 amide bonds. The van der Waals surface area contributed by atoms with Crippen molar-refractivity contribution in [2.75, 3.05) is 13.6 Å². The lowest BCUT2D eigenvalue weighted by Crippen LogP contribution is -2.10. The summed E-state index contributed by atoms with van der Waals surface area (Å²) in [6.07, 6.45) is 5.77. The van der Waals surface area contributed by atoms with Gasteiger partial charge in [-0.25, -0.2) is 0 Å². The van der Waals surface area contributed by atoms with E-state index in [0.29, 0.717) is 0 Å². The van der Waals surface area contributed by atoms with E-state index in [-0.39, 0.29) is 6.04 Å². The summed E-state index contributed by atoms with van der Waals surface area (Å²) in [4.78, 5) is 4.12. The first-order chi connectivity index (χ1) is 7.15. The van der Waals surface area contributed by atoms with Crippen LogP contribution >= 0.6 is 0 Å². The van der Waals surface area contributed by atoms with Crippen LogP contribution in [0.1, 0.15) is 31.0 Å². The Bertz CT molecular complexity index is 342. The third-order valence-electron chi connectivity index (χ3n) is 2.24. The van der Waals surface area contributed by atoms with Crippen molar-refractivity contribution in [2.24, 2.45) is 5.73 Å². The van der Waals surface area contributed by atoms with Crippen molar-refractivity contribution >= 4 is 6.08 Å². The first-order valence-electron chi connectivity index (χ1n) is 5.16. The van der Waals surface area contributed by atoms with Gasteiger partial charge in [-0.1, -0.05) is 11.6 Å². The third-order valence-corrected chi connectivity index (χ3v) is 2.24. The number of aromatic nitrogens is 1. The maximum atomic E-state index is 5.89. The molecule has 0 aliphatic carbocycles. The molecule has 82 valence electrons. The highest BCUT2D eigenvalue weighted by atomic mass is 14.8. The second kappa shape index (κ2) is 5.63. The van der Waals surface area contributed by atoms with Crippen LogP contribution in [-0.4, -0.2) is 18.6 Å². The van der Waals surface area contributed by atoms with Crippen LogP contribution in [0.2, 0.25) is 0 Å². The molecular formula is C12H19N3. The van der Waals surface area contributed by atoms with Crippen molar-refractivity contribution in [3.8, 4) is 0 Å². The summed E-state index contributed by atoms with van der Waals surface area (Å²) < 4.78 is 0. The summed E-state index contributed by atoms with van der Waals surface area (Å²) >= 11 is 0. The van der Waals surface area contributed by atoms with E-state index in [1.54, 1.807) is 6.20 Å². The molecule has 0 saturated heterocycles. The zero-order chi connectivity index (χ0) is 11.3. The van der Waals surface area contributed by atoms with Crippen LogP contribution < -0.4 is 11.1 Å². The van der Waals surface area contributed by atoms with Crippen molar-refractivity contribution in [3.05, 3.63) is 35.2 Å². The van der Waals surface area contributed by atoms with E-state index in [4.69, 9.17) is 5.73 Å². The van der Waals surface area contributed by atoms with Crippen LogP contribution in [0.3, 0.4) is 0 Å². The quantitative estimate of drug-likeness (QED) is 0.787. The van der Waals surface area contributed by atoms with Gasteiger partial charge in [0, 0.05) is 25.0 Å². The Morgan fingerprint density at radius 1 is 1.67 bits per heavy atom. The Kier molecular flexibility index (Phi) is 4.46. The largest absolute Gasteiger partial charge is 0.324 e. The molecule has 3 N–H and O–H groups in total. The van der Waals surface area contributed by atoms with Gasteiger partial charge in [-0.2, -0.15) is 0 Å². The maximum Gasteiger partial charge on any atom is 0.0343 e. The topological polar surface area (TPSA) is 50.9 Å². The Morgan fingerprint density at radius 2 is 2.40 bits per heavy atom. The fourth-order valence-electron chi connectivity index (χ4n) is 1.55. The summed E-state index contributed by atoms with van der Waals surface area (Å²) in [6.45, 7) is 4.96. The lowest BCUT2D eigenvalue weighted by Gasteiger charge is -2.09. The predicted molar refractivity (Wildman–Crippen MR) is 64.4 cm³/mol. The van der Waals surface area contributed by atoms with Crippen LogP contribution in [0, 0.1) is 0 Å². The number of pyridine rings is 1. The summed E-state index contributed by atoms with van der Waals surface area (Å²) in [5.74, 6) is 0. The Morgan fingerprint density at radius 3 is 3.00 bits per heavy atom. The highest BCUT2D eigenvalue weighted by molar-refractivity contribution is 5.56. The molecule has 0 spiro atoms. The summed E-state index contributed by atoms with van der Waals surface area (Å²) in [7, 11) is 1.94. The van der Waals surface area contributed by atoms with Crippen molar-refractivity contribution in [1.29, 1.82) is 0 Å². The van der Waals surface area contributed by atoms with Gasteiger partial charge in [0.15, 0.2) is 0 Å². The van der Waals surface area contributed by atoms with Crippen LogP contribution in [0.5, 0.6) is 0 Å². The number of nitrogens with one attached hydrogen (secondary N) is 1. The average Bonchev–Trinajstić information content (AvgIpc) is 2.18. The van der Waals surface area contributed by atoms with Gasteiger partial charge < -0.3 is 11.1 Å². The lowest BCUT2D eigenvalue weighted by molar-refractivity contribution is 0.812. The van der Waals surface area contributed by atoms with E-state index in [2.05, 4.69) is 23.3 Å². The Labute approximate surface area is 91.4 Å². The lowest BCUT2D eigenvalue weighted by atomic mass is 10.0. The molecule has 0 fully saturated rings. The molecular weight excluding hydrogens is 186 g/mol. The van der Waals surface area contributed by atoms with Crippen molar-refractivity contribution in [2.45, 2.75) is 19.9 Å². The zero-order valence-electron chi connectivity index (χ0n) is 9.62. The van der Waals surface area contributed by atoms with Gasteiger partial charge in [0.05, 0.1) is 0 Å². The zero-order valence-corrected chi connectivity index (χ0v) is 9.62. The molecule has 1 rings (SSSR count). The highest BCUT2D eigenvalue weighted by Gasteiger charge is 2.04. The van der Waals surface area contributed by atoms with Crippen LogP contribution in [-0.2, 0) is 0 Å². The van der Waals surface area contributed by atoms with E-state index in [1.165, 1.54) is 5.57 Å². The molecule has 3 nitrogen and oxygen atoms in total. The number of nitrogens with two attached hydrogens (primary N) is 1. The smallest absolute Gasteiger partial charge is 0.0343 e. The van der Waals surface area contributed by atoms with Gasteiger partial charge in [0.1, 0.15) is 0 Å². The summed E-state index contributed by atoms with van der Waals surface area (Å²) in [6, 6.07) is 2.02. The predicted octanol–water partition coefficient (Wildman–Crippen LogP) is 1.72. The standard InChI is InChI=1S/C12H19N3/c1-9(7-14-3)6-11-8-15-5-4-12(11)10(2)13/h4-6,8,10,14H,7,13H2,1-3H3/b9-6+. The molecule has 15 heavy (non-hydrogen) atoms. The normalized spacial score (nSPS) is 14.0. The van der Waals surface area contributed by atoms with Gasteiger partial charge in [-0.05, 0) is 38.1 Å². The number of nitrogens with zero attached hydrogens (tertiary/aromatic N) is 1. The number of hydrogen-bond acceptors (Lipinski definition) is 3. The molecule has 3 heteroatoms. The second-order valence-corrected chi connectivity index (χ2v) is 3.81. The van der Waals surface area contributed by atoms with Crippen molar-refractivity contribution in [1.82, 2.24) is 10.3 Å². The van der Waals surface area contributed by atoms with E-state index in [0.717, 1.165) is 17.7 Å². The molecule has 0 aliphatic heterocycles. The SMILES string of the molecule is CNC/C(C)=C/c1cnccc1C(C)N. The Balaban J connectivity index is 2.98. The molecule has 0 bridgehead atoms. The van der Waals surface area contributed by atoms with E-state index < -0.39 is 0 Å². The van der Waals surface area contributed by atoms with Crippen LogP contribution in [0.4, 0.5) is 0 Å². The Hall–Kier alpha value is -1.19. The molecule has 0 aromatic carbocycles. The minimum atomic E-state index is 0.0432. The van der Waals surface area contributed by atoms with Crippen LogP contribution in [0.15, 0.2) is 24.0 Å². The molecule has 1 aromatic rings. The van der Waals surface area contributed by atoms with Gasteiger partial charge >= 0.3 is 0 Å². The van der Waals surface area contributed by atoms with Gasteiger partial charge in [-0.15, -0.1) is 0 Å². The summed E-state index contributed by atoms with van der Waals surface area (Å²) in [5.41, 5.74) is 9.41. The fraction of sp³-hybridized carbons (Fsp3) is 0.417. The van der Waals surface area contributed by atoms with E-state index in [1.807, 2.05) is 26.2 Å². The van der Waals surface area contributed by atoms with Gasteiger partial charge in [-0.3, -0.25) is 4.98 Å². The highest BCUT2D eigenvalue weighted by Crippen LogP contribution is 2.17. The minimum absolute atomic E-state index is 0.0432. The first kappa shape index (κ1) is 11.9. The molecule has 1 aromatic heterocycles. The molecule has 0 saturated carbocycles. The number of hydrogen-bond donors (Lipinski definition) is 2. The molecule has 1 heterocycles. The fourth-order valence-corrected chi connectivity index (χ4v) is 1.55. The molecule has 0 aliphatic rings.